The van der Waals surface area contributed by atoms with E-state index in [0.717, 1.165) is 32.1 Å². The van der Waals surface area contributed by atoms with Crippen molar-refractivity contribution < 1.29 is 9.21 Å². The SMILES string of the molecule is Cc1nnc(SCC(=O)NC23CC4CC(C2)CC(n2ncnn2)(C4)C3)o1. The average Bonchev–Trinajstić information content (AvgIpc) is 3.23. The predicted octanol–water partition coefficient (Wildman–Crippen LogP) is 1.32. The first-order valence-electron chi connectivity index (χ1n) is 9.02. The minimum Gasteiger partial charge on any atom is -0.416 e. The van der Waals surface area contributed by atoms with Crippen LogP contribution in [-0.4, -0.2) is 47.6 Å². The molecule has 26 heavy (non-hydrogen) atoms. The quantitative estimate of drug-likeness (QED) is 0.779. The number of carbonyl (C=O) groups excluding carboxylic acids is 1. The normalized spacial score (nSPS) is 35.0. The van der Waals surface area contributed by atoms with Gasteiger partial charge in [0.05, 0.1) is 11.3 Å². The third-order valence-electron chi connectivity index (χ3n) is 6.04. The van der Waals surface area contributed by atoms with Gasteiger partial charge in [-0.1, -0.05) is 11.8 Å². The van der Waals surface area contributed by atoms with Gasteiger partial charge in [-0.15, -0.1) is 20.4 Å². The molecule has 138 valence electrons. The maximum atomic E-state index is 12.6. The van der Waals surface area contributed by atoms with Gasteiger partial charge in [-0.05, 0) is 55.6 Å². The van der Waals surface area contributed by atoms with Gasteiger partial charge < -0.3 is 9.73 Å². The highest BCUT2D eigenvalue weighted by Crippen LogP contribution is 2.60. The molecule has 1 N–H and O–H groups in total. The minimum absolute atomic E-state index is 0.0227. The van der Waals surface area contributed by atoms with E-state index in [9.17, 15) is 4.79 Å². The molecule has 2 unspecified atom stereocenters. The number of hydrogen-bond acceptors (Lipinski definition) is 8. The number of hydrogen-bond donors (Lipinski definition) is 1. The van der Waals surface area contributed by atoms with Crippen LogP contribution in [0.15, 0.2) is 16.0 Å². The molecule has 4 aliphatic carbocycles. The van der Waals surface area contributed by atoms with Crippen molar-refractivity contribution in [1.82, 2.24) is 35.7 Å². The molecule has 0 spiro atoms. The van der Waals surface area contributed by atoms with Gasteiger partial charge in [-0.2, -0.15) is 4.80 Å². The Morgan fingerprint density at radius 1 is 1.35 bits per heavy atom. The van der Waals surface area contributed by atoms with Crippen LogP contribution in [0.5, 0.6) is 0 Å². The van der Waals surface area contributed by atoms with Gasteiger partial charge in [0.25, 0.3) is 5.22 Å². The lowest BCUT2D eigenvalue weighted by molar-refractivity contribution is -0.129. The Morgan fingerprint density at radius 2 is 2.15 bits per heavy atom. The van der Waals surface area contributed by atoms with Crippen LogP contribution >= 0.6 is 11.8 Å². The molecule has 6 rings (SSSR count). The fourth-order valence-electron chi connectivity index (χ4n) is 5.77. The molecule has 10 heteroatoms. The van der Waals surface area contributed by atoms with E-state index in [2.05, 4.69) is 30.9 Å². The maximum Gasteiger partial charge on any atom is 0.277 e. The number of nitrogens with one attached hydrogen (secondary N) is 1. The van der Waals surface area contributed by atoms with Gasteiger partial charge in [-0.3, -0.25) is 4.79 Å². The number of rotatable bonds is 5. The molecule has 0 aliphatic heterocycles. The molecule has 0 aromatic carbocycles. The molecule has 0 radical (unpaired) electrons. The zero-order valence-electron chi connectivity index (χ0n) is 14.6. The van der Waals surface area contributed by atoms with Gasteiger partial charge in [0.15, 0.2) is 6.33 Å². The number of aromatic nitrogens is 6. The van der Waals surface area contributed by atoms with E-state index >= 15 is 0 Å². The second-order valence-corrected chi connectivity index (χ2v) is 9.04. The smallest absolute Gasteiger partial charge is 0.277 e. The molecule has 4 fully saturated rings. The van der Waals surface area contributed by atoms with E-state index in [1.165, 1.54) is 24.5 Å². The first kappa shape index (κ1) is 16.2. The lowest BCUT2D eigenvalue weighted by Crippen LogP contribution is -2.66. The highest BCUT2D eigenvalue weighted by Gasteiger charge is 2.60. The number of nitrogens with zero attached hydrogens (tertiary/aromatic N) is 6. The molecule has 1 amide bonds. The van der Waals surface area contributed by atoms with Crippen molar-refractivity contribution in [3.8, 4) is 0 Å². The van der Waals surface area contributed by atoms with Gasteiger partial charge in [0.1, 0.15) is 0 Å². The number of aryl methyl sites for hydroxylation is 1. The Bertz CT molecular complexity index is 806. The third-order valence-corrected chi connectivity index (χ3v) is 6.86. The van der Waals surface area contributed by atoms with Gasteiger partial charge in [-0.25, -0.2) is 0 Å². The van der Waals surface area contributed by atoms with E-state index in [0.29, 0.717) is 22.9 Å². The minimum atomic E-state index is -0.153. The fourth-order valence-corrected chi connectivity index (χ4v) is 6.38. The van der Waals surface area contributed by atoms with Crippen LogP contribution in [0.4, 0.5) is 0 Å². The van der Waals surface area contributed by atoms with Crippen LogP contribution in [0.2, 0.25) is 0 Å². The Kier molecular flexibility index (Phi) is 3.60. The highest BCUT2D eigenvalue weighted by molar-refractivity contribution is 7.99. The largest absolute Gasteiger partial charge is 0.416 e. The first-order valence-corrected chi connectivity index (χ1v) is 10.0. The maximum absolute atomic E-state index is 12.6. The Hall–Kier alpha value is -1.97. The average molecular weight is 375 g/mol. The second-order valence-electron chi connectivity index (χ2n) is 8.11. The summed E-state index contributed by atoms with van der Waals surface area (Å²) < 4.78 is 5.33. The van der Waals surface area contributed by atoms with Crippen molar-refractivity contribution in [2.24, 2.45) is 11.8 Å². The zero-order chi connectivity index (χ0) is 17.8. The molecular weight excluding hydrogens is 354 g/mol. The molecular formula is C16H21N7O2S. The molecule has 2 aromatic rings. The van der Waals surface area contributed by atoms with Crippen LogP contribution in [0.3, 0.4) is 0 Å². The van der Waals surface area contributed by atoms with Crippen molar-refractivity contribution in [2.75, 3.05) is 5.75 Å². The molecule has 4 aliphatic rings. The lowest BCUT2D eigenvalue weighted by atomic mass is 9.50. The van der Waals surface area contributed by atoms with Crippen molar-refractivity contribution in [3.63, 3.8) is 0 Å². The summed E-state index contributed by atoms with van der Waals surface area (Å²) in [4.78, 5) is 14.4. The van der Waals surface area contributed by atoms with Gasteiger partial charge >= 0.3 is 0 Å². The summed E-state index contributed by atoms with van der Waals surface area (Å²) in [6.45, 7) is 1.74. The van der Waals surface area contributed by atoms with E-state index in [-0.39, 0.29) is 22.7 Å². The Labute approximate surface area is 154 Å². The van der Waals surface area contributed by atoms with E-state index in [4.69, 9.17) is 4.42 Å². The molecule has 2 atom stereocenters. The van der Waals surface area contributed by atoms with Crippen molar-refractivity contribution in [2.45, 2.75) is 61.7 Å². The van der Waals surface area contributed by atoms with Gasteiger partial charge in [0.2, 0.25) is 11.8 Å². The Morgan fingerprint density at radius 3 is 2.81 bits per heavy atom. The zero-order valence-corrected chi connectivity index (χ0v) is 15.4. The van der Waals surface area contributed by atoms with E-state index in [1.807, 2.05) is 0 Å². The summed E-state index contributed by atoms with van der Waals surface area (Å²) in [6.07, 6.45) is 7.93. The van der Waals surface area contributed by atoms with Gasteiger partial charge in [0, 0.05) is 12.5 Å². The van der Waals surface area contributed by atoms with Crippen molar-refractivity contribution in [1.29, 1.82) is 0 Å². The van der Waals surface area contributed by atoms with Crippen LogP contribution in [-0.2, 0) is 10.3 Å². The third kappa shape index (κ3) is 2.70. The summed E-state index contributed by atoms with van der Waals surface area (Å²) in [7, 11) is 0. The second kappa shape index (κ2) is 5.77. The monoisotopic (exact) mass is 375 g/mol. The molecule has 4 bridgehead atoms. The van der Waals surface area contributed by atoms with Crippen LogP contribution in [0, 0.1) is 18.8 Å². The highest BCUT2D eigenvalue weighted by atomic mass is 32.2. The van der Waals surface area contributed by atoms with Crippen LogP contribution in [0.25, 0.3) is 0 Å². The van der Waals surface area contributed by atoms with E-state index in [1.54, 1.807) is 11.7 Å². The van der Waals surface area contributed by atoms with Crippen LogP contribution in [0.1, 0.15) is 44.4 Å². The molecule has 4 saturated carbocycles. The predicted molar refractivity (Wildman–Crippen MR) is 91.1 cm³/mol. The number of amides is 1. The standard InChI is InChI=1S/C16H21N7O2S/c1-10-20-21-14(25-10)26-7-13(24)19-15-3-11-2-12(4-15)6-16(5-11,8-15)23-18-9-17-22-23/h9,11-12H,2-8H2,1H3,(H,19,24). The molecule has 9 nitrogen and oxygen atoms in total. The Balaban J connectivity index is 1.31. The number of thioether (sulfide) groups is 1. The first-order chi connectivity index (χ1) is 12.5. The molecule has 0 saturated heterocycles. The van der Waals surface area contributed by atoms with Crippen molar-refractivity contribution >= 4 is 17.7 Å². The summed E-state index contributed by atoms with van der Waals surface area (Å²) in [5.74, 6) is 2.06. The summed E-state index contributed by atoms with van der Waals surface area (Å²) >= 11 is 1.28. The van der Waals surface area contributed by atoms with Crippen molar-refractivity contribution in [3.05, 3.63) is 12.2 Å². The van der Waals surface area contributed by atoms with Crippen LogP contribution < -0.4 is 5.32 Å². The number of tetrazole rings is 1. The fraction of sp³-hybridized carbons (Fsp3) is 0.750. The molecule has 2 heterocycles. The topological polar surface area (TPSA) is 112 Å². The summed E-state index contributed by atoms with van der Waals surface area (Å²) in [5.41, 5.74) is -0.245. The number of carbonyl (C=O) groups is 1. The summed E-state index contributed by atoms with van der Waals surface area (Å²) in [6, 6.07) is 0. The molecule has 2 aromatic heterocycles. The van der Waals surface area contributed by atoms with E-state index < -0.39 is 0 Å². The summed E-state index contributed by atoms with van der Waals surface area (Å²) in [5, 5.41) is 24.0. The lowest BCUT2D eigenvalue weighted by Gasteiger charge is -2.61.